The lowest BCUT2D eigenvalue weighted by Crippen LogP contribution is -2.57. The Morgan fingerprint density at radius 1 is 1.43 bits per heavy atom. The normalized spacial score (nSPS) is 23.3. The first-order chi connectivity index (χ1) is 9.77. The summed E-state index contributed by atoms with van der Waals surface area (Å²) in [5.74, 6) is -0.0271. The second-order valence-corrected chi connectivity index (χ2v) is 6.48. The molecule has 2 unspecified atom stereocenters. The molecule has 1 aliphatic carbocycles. The summed E-state index contributed by atoms with van der Waals surface area (Å²) in [6, 6.07) is 5.65. The lowest BCUT2D eigenvalue weighted by Gasteiger charge is -2.51. The van der Waals surface area contributed by atoms with Crippen molar-refractivity contribution in [3.05, 3.63) is 23.8 Å². The molecule has 3 N–H and O–H groups in total. The number of carbonyl (C=O) groups is 1. The standard InChI is InChI=1S/C16H25N3O2/c1-16(2)13(9-14(16)21-5)18-12-8-10(6-7-11(12)17)15(20)19(3)4/h6-8,13-14,18H,9,17H2,1-5H3. The number of nitrogens with two attached hydrogens (primary N) is 1. The molecule has 1 aromatic carbocycles. The second-order valence-electron chi connectivity index (χ2n) is 6.48. The third-order valence-electron chi connectivity index (χ3n) is 4.50. The topological polar surface area (TPSA) is 67.6 Å². The number of ether oxygens (including phenoxy) is 1. The van der Waals surface area contributed by atoms with Gasteiger partial charge in [-0.05, 0) is 24.6 Å². The summed E-state index contributed by atoms with van der Waals surface area (Å²) in [7, 11) is 5.22. The highest BCUT2D eigenvalue weighted by molar-refractivity contribution is 5.95. The molecule has 1 saturated carbocycles. The van der Waals surface area contributed by atoms with E-state index >= 15 is 0 Å². The Balaban J connectivity index is 2.18. The molecule has 0 radical (unpaired) electrons. The molecule has 2 atom stereocenters. The van der Waals surface area contributed by atoms with Crippen LogP contribution in [-0.2, 0) is 4.74 Å². The van der Waals surface area contributed by atoms with E-state index in [0.29, 0.717) is 11.3 Å². The van der Waals surface area contributed by atoms with Gasteiger partial charge in [-0.3, -0.25) is 4.79 Å². The van der Waals surface area contributed by atoms with E-state index in [-0.39, 0.29) is 23.5 Å². The zero-order valence-electron chi connectivity index (χ0n) is 13.4. The van der Waals surface area contributed by atoms with E-state index < -0.39 is 0 Å². The number of nitrogen functional groups attached to an aromatic ring is 1. The van der Waals surface area contributed by atoms with Crippen molar-refractivity contribution in [2.45, 2.75) is 32.4 Å². The molecule has 1 aliphatic rings. The highest BCUT2D eigenvalue weighted by atomic mass is 16.5. The quantitative estimate of drug-likeness (QED) is 0.835. The smallest absolute Gasteiger partial charge is 0.253 e. The molecule has 5 heteroatoms. The first-order valence-electron chi connectivity index (χ1n) is 7.18. The van der Waals surface area contributed by atoms with Crippen molar-refractivity contribution in [2.75, 3.05) is 32.3 Å². The van der Waals surface area contributed by atoms with Crippen LogP contribution in [0.5, 0.6) is 0 Å². The molecule has 0 aliphatic heterocycles. The highest BCUT2D eigenvalue weighted by Gasteiger charge is 2.48. The maximum atomic E-state index is 12.0. The van der Waals surface area contributed by atoms with E-state index in [2.05, 4.69) is 19.2 Å². The van der Waals surface area contributed by atoms with Crippen LogP contribution in [0.4, 0.5) is 11.4 Å². The third-order valence-corrected chi connectivity index (χ3v) is 4.50. The molecule has 2 rings (SSSR count). The van der Waals surface area contributed by atoms with Gasteiger partial charge in [0.2, 0.25) is 0 Å². The summed E-state index contributed by atoms with van der Waals surface area (Å²) in [6.07, 6.45) is 1.19. The third kappa shape index (κ3) is 2.83. The average molecular weight is 291 g/mol. The molecule has 0 saturated heterocycles. The van der Waals surface area contributed by atoms with Crippen molar-refractivity contribution >= 4 is 17.3 Å². The summed E-state index contributed by atoms with van der Waals surface area (Å²) in [5, 5.41) is 3.46. The number of carbonyl (C=O) groups excluding carboxylic acids is 1. The van der Waals surface area contributed by atoms with Crippen LogP contribution in [0.3, 0.4) is 0 Å². The number of anilines is 2. The average Bonchev–Trinajstić information content (AvgIpc) is 2.43. The Bertz CT molecular complexity index is 540. The van der Waals surface area contributed by atoms with Gasteiger partial charge < -0.3 is 20.7 Å². The number of methoxy groups -OCH3 is 1. The van der Waals surface area contributed by atoms with E-state index in [1.54, 1.807) is 38.2 Å². The first kappa shape index (κ1) is 15.6. The van der Waals surface area contributed by atoms with Crippen molar-refractivity contribution in [1.82, 2.24) is 4.90 Å². The van der Waals surface area contributed by atoms with Crippen LogP contribution < -0.4 is 11.1 Å². The van der Waals surface area contributed by atoms with Crippen molar-refractivity contribution < 1.29 is 9.53 Å². The fourth-order valence-electron chi connectivity index (χ4n) is 2.79. The summed E-state index contributed by atoms with van der Waals surface area (Å²) in [6.45, 7) is 4.35. The van der Waals surface area contributed by atoms with Crippen LogP contribution in [0.1, 0.15) is 30.6 Å². The fourth-order valence-corrected chi connectivity index (χ4v) is 2.79. The number of rotatable bonds is 4. The number of amides is 1. The molecular weight excluding hydrogens is 266 g/mol. The zero-order valence-corrected chi connectivity index (χ0v) is 13.4. The fraction of sp³-hybridized carbons (Fsp3) is 0.562. The summed E-state index contributed by atoms with van der Waals surface area (Å²) in [4.78, 5) is 13.6. The zero-order chi connectivity index (χ0) is 15.8. The van der Waals surface area contributed by atoms with Crippen LogP contribution in [0.15, 0.2) is 18.2 Å². The van der Waals surface area contributed by atoms with Gasteiger partial charge in [0.15, 0.2) is 0 Å². The van der Waals surface area contributed by atoms with Gasteiger partial charge in [0.1, 0.15) is 0 Å². The number of hydrogen-bond donors (Lipinski definition) is 2. The van der Waals surface area contributed by atoms with Gasteiger partial charge in [-0.15, -0.1) is 0 Å². The highest BCUT2D eigenvalue weighted by Crippen LogP contribution is 2.44. The maximum absolute atomic E-state index is 12.0. The van der Waals surface area contributed by atoms with Crippen LogP contribution in [-0.4, -0.2) is 44.2 Å². The number of nitrogens with one attached hydrogen (secondary N) is 1. The molecule has 116 valence electrons. The predicted octanol–water partition coefficient (Wildman–Crippen LogP) is 2.20. The molecule has 0 heterocycles. The van der Waals surface area contributed by atoms with E-state index in [1.165, 1.54) is 0 Å². The largest absolute Gasteiger partial charge is 0.397 e. The first-order valence-corrected chi connectivity index (χ1v) is 7.18. The Hall–Kier alpha value is -1.75. The number of nitrogens with zero attached hydrogens (tertiary/aromatic N) is 1. The van der Waals surface area contributed by atoms with E-state index in [1.807, 2.05) is 6.07 Å². The van der Waals surface area contributed by atoms with Crippen molar-refractivity contribution in [3.8, 4) is 0 Å². The van der Waals surface area contributed by atoms with Gasteiger partial charge >= 0.3 is 0 Å². The van der Waals surface area contributed by atoms with Gasteiger partial charge in [0, 0.05) is 38.2 Å². The SMILES string of the molecule is COC1CC(Nc2cc(C(=O)N(C)C)ccc2N)C1(C)C. The summed E-state index contributed by atoms with van der Waals surface area (Å²) >= 11 is 0. The minimum atomic E-state index is -0.0271. The molecule has 21 heavy (non-hydrogen) atoms. The second kappa shape index (κ2) is 5.56. The van der Waals surface area contributed by atoms with Crippen molar-refractivity contribution in [2.24, 2.45) is 5.41 Å². The summed E-state index contributed by atoms with van der Waals surface area (Å²) < 4.78 is 5.46. The van der Waals surface area contributed by atoms with E-state index in [4.69, 9.17) is 10.5 Å². The maximum Gasteiger partial charge on any atom is 0.253 e. The molecule has 1 fully saturated rings. The van der Waals surface area contributed by atoms with Gasteiger partial charge in [-0.1, -0.05) is 13.8 Å². The van der Waals surface area contributed by atoms with Gasteiger partial charge in [-0.2, -0.15) is 0 Å². The molecule has 0 bridgehead atoms. The van der Waals surface area contributed by atoms with Crippen LogP contribution in [0.2, 0.25) is 0 Å². The molecule has 1 amide bonds. The van der Waals surface area contributed by atoms with E-state index in [9.17, 15) is 4.79 Å². The van der Waals surface area contributed by atoms with Crippen LogP contribution in [0.25, 0.3) is 0 Å². The van der Waals surface area contributed by atoms with E-state index in [0.717, 1.165) is 12.1 Å². The number of benzene rings is 1. The summed E-state index contributed by atoms with van der Waals surface area (Å²) in [5.41, 5.74) is 8.18. The Morgan fingerprint density at radius 3 is 2.62 bits per heavy atom. The monoisotopic (exact) mass is 291 g/mol. The van der Waals surface area contributed by atoms with Gasteiger partial charge in [0.05, 0.1) is 17.5 Å². The Labute approximate surface area is 126 Å². The van der Waals surface area contributed by atoms with Crippen LogP contribution >= 0.6 is 0 Å². The van der Waals surface area contributed by atoms with Crippen LogP contribution in [0, 0.1) is 5.41 Å². The lowest BCUT2D eigenvalue weighted by atomic mass is 9.64. The minimum absolute atomic E-state index is 0.0271. The predicted molar refractivity (Wildman–Crippen MR) is 85.5 cm³/mol. The van der Waals surface area contributed by atoms with Gasteiger partial charge in [-0.25, -0.2) is 0 Å². The lowest BCUT2D eigenvalue weighted by molar-refractivity contribution is -0.0794. The molecule has 1 aromatic rings. The molecule has 5 nitrogen and oxygen atoms in total. The van der Waals surface area contributed by atoms with Crippen molar-refractivity contribution in [1.29, 1.82) is 0 Å². The van der Waals surface area contributed by atoms with Crippen molar-refractivity contribution in [3.63, 3.8) is 0 Å². The van der Waals surface area contributed by atoms with Gasteiger partial charge in [0.25, 0.3) is 5.91 Å². The Kier molecular flexibility index (Phi) is 4.14. The Morgan fingerprint density at radius 2 is 2.10 bits per heavy atom. The molecule has 0 aromatic heterocycles. The minimum Gasteiger partial charge on any atom is -0.397 e. The number of hydrogen-bond acceptors (Lipinski definition) is 4. The molecular formula is C16H25N3O2. The molecule has 0 spiro atoms.